The van der Waals surface area contributed by atoms with Crippen LogP contribution in [0.5, 0.6) is 0 Å². The molecule has 3 atom stereocenters. The lowest BCUT2D eigenvalue weighted by Gasteiger charge is -2.32. The average molecular weight is 292 g/mol. The zero-order valence-electron chi connectivity index (χ0n) is 13.0. The Morgan fingerprint density at radius 3 is 2.35 bits per heavy atom. The molecule has 3 unspecified atom stereocenters. The first-order valence-corrected chi connectivity index (χ1v) is 7.77. The molecule has 1 rings (SSSR count). The van der Waals surface area contributed by atoms with Crippen LogP contribution in [0.3, 0.4) is 0 Å². The highest BCUT2D eigenvalue weighted by atomic mass is 16.7. The van der Waals surface area contributed by atoms with E-state index in [4.69, 9.17) is 19.7 Å². The van der Waals surface area contributed by atoms with Gasteiger partial charge in [-0.05, 0) is 6.42 Å². The number of unbranched alkanes of at least 4 members (excludes halogenated alkanes) is 5. The molecule has 1 aliphatic rings. The van der Waals surface area contributed by atoms with Crippen molar-refractivity contribution in [3.8, 4) is 0 Å². The molecule has 0 aromatic rings. The molecule has 1 fully saturated rings. The maximum Gasteiger partial charge on any atom is 0.160 e. The van der Waals surface area contributed by atoms with Crippen LogP contribution in [0.4, 0.5) is 0 Å². The Morgan fingerprint density at radius 1 is 1.05 bits per heavy atom. The number of hydrogen-bond acceptors (Lipinski definition) is 5. The lowest BCUT2D eigenvalue weighted by molar-refractivity contribution is -0.221. The van der Waals surface area contributed by atoms with E-state index in [0.717, 1.165) is 13.5 Å². The molecule has 1 aliphatic heterocycles. The Hall–Kier alpha value is -0.200. The first kappa shape index (κ1) is 19.8. The summed E-state index contributed by atoms with van der Waals surface area (Å²) in [5.74, 6) is 0. The van der Waals surface area contributed by atoms with E-state index in [0.29, 0.717) is 19.4 Å². The summed E-state index contributed by atoms with van der Waals surface area (Å²) in [6, 6.07) is 0. The van der Waals surface area contributed by atoms with Gasteiger partial charge < -0.3 is 24.8 Å². The van der Waals surface area contributed by atoms with Crippen molar-refractivity contribution in [3.05, 3.63) is 0 Å². The standard InChI is InChI=1S/C14H28O4.CH4O/c1-2-3-4-5-6-7-8-17-14-10-12(16)9-13(11-15)18-14;1-2/h12-16H,2-11H2,1H3;2H,1H3. The molecule has 1 saturated heterocycles. The van der Waals surface area contributed by atoms with E-state index in [2.05, 4.69) is 6.92 Å². The van der Waals surface area contributed by atoms with Gasteiger partial charge in [0, 0.05) is 26.6 Å². The highest BCUT2D eigenvalue weighted by Crippen LogP contribution is 2.20. The minimum absolute atomic E-state index is 0.0477. The third kappa shape index (κ3) is 9.66. The van der Waals surface area contributed by atoms with Crippen LogP contribution in [-0.2, 0) is 9.47 Å². The smallest absolute Gasteiger partial charge is 0.160 e. The van der Waals surface area contributed by atoms with Gasteiger partial charge in [0.1, 0.15) is 0 Å². The number of rotatable bonds is 9. The Balaban J connectivity index is 0.00000172. The minimum Gasteiger partial charge on any atom is -0.400 e. The second kappa shape index (κ2) is 13.8. The van der Waals surface area contributed by atoms with Crippen molar-refractivity contribution in [2.45, 2.75) is 76.8 Å². The topological polar surface area (TPSA) is 79.2 Å². The van der Waals surface area contributed by atoms with E-state index in [1.807, 2.05) is 0 Å². The van der Waals surface area contributed by atoms with E-state index in [1.54, 1.807) is 0 Å². The average Bonchev–Trinajstić information content (AvgIpc) is 2.48. The SMILES string of the molecule is CCCCCCCCOC1CC(O)CC(CO)O1.CO. The van der Waals surface area contributed by atoms with Crippen LogP contribution in [0.1, 0.15) is 58.3 Å². The molecule has 1 heterocycles. The van der Waals surface area contributed by atoms with Gasteiger partial charge in [0.25, 0.3) is 0 Å². The zero-order valence-corrected chi connectivity index (χ0v) is 13.0. The van der Waals surface area contributed by atoms with E-state index in [9.17, 15) is 5.11 Å². The van der Waals surface area contributed by atoms with Crippen molar-refractivity contribution in [1.29, 1.82) is 0 Å². The fourth-order valence-electron chi connectivity index (χ4n) is 2.27. The highest BCUT2D eigenvalue weighted by molar-refractivity contribution is 4.72. The maximum atomic E-state index is 9.61. The number of ether oxygens (including phenoxy) is 2. The minimum atomic E-state index is -0.412. The van der Waals surface area contributed by atoms with Crippen molar-refractivity contribution >= 4 is 0 Å². The highest BCUT2D eigenvalue weighted by Gasteiger charge is 2.28. The normalized spacial score (nSPS) is 25.9. The fourth-order valence-corrected chi connectivity index (χ4v) is 2.27. The predicted octanol–water partition coefficient (Wildman–Crippen LogP) is 1.83. The number of aliphatic hydroxyl groups is 3. The van der Waals surface area contributed by atoms with Gasteiger partial charge in [-0.1, -0.05) is 39.0 Å². The van der Waals surface area contributed by atoms with Gasteiger partial charge >= 0.3 is 0 Å². The van der Waals surface area contributed by atoms with Crippen LogP contribution in [0, 0.1) is 0 Å². The van der Waals surface area contributed by atoms with Crippen molar-refractivity contribution in [2.75, 3.05) is 20.3 Å². The summed E-state index contributed by atoms with van der Waals surface area (Å²) in [6.45, 7) is 2.85. The summed E-state index contributed by atoms with van der Waals surface area (Å²) in [5.41, 5.74) is 0. The summed E-state index contributed by atoms with van der Waals surface area (Å²) >= 11 is 0. The van der Waals surface area contributed by atoms with Crippen LogP contribution in [0.15, 0.2) is 0 Å². The molecule has 3 N–H and O–H groups in total. The molecule has 5 heteroatoms. The van der Waals surface area contributed by atoms with Crippen molar-refractivity contribution in [2.24, 2.45) is 0 Å². The molecule has 0 aromatic carbocycles. The molecule has 5 nitrogen and oxygen atoms in total. The van der Waals surface area contributed by atoms with Gasteiger partial charge in [-0.3, -0.25) is 0 Å². The second-order valence-electron chi connectivity index (χ2n) is 5.13. The molecule has 0 bridgehead atoms. The summed E-state index contributed by atoms with van der Waals surface area (Å²) in [6.07, 6.45) is 7.40. The molecule has 0 saturated carbocycles. The Kier molecular flexibility index (Phi) is 13.6. The van der Waals surface area contributed by atoms with Crippen LogP contribution in [0.2, 0.25) is 0 Å². The molecule has 0 aliphatic carbocycles. The first-order chi connectivity index (χ1) is 9.76. The van der Waals surface area contributed by atoms with Gasteiger partial charge in [-0.15, -0.1) is 0 Å². The van der Waals surface area contributed by atoms with Crippen molar-refractivity contribution in [3.63, 3.8) is 0 Å². The zero-order chi connectivity index (χ0) is 15.2. The van der Waals surface area contributed by atoms with Crippen molar-refractivity contribution < 1.29 is 24.8 Å². The lowest BCUT2D eigenvalue weighted by Crippen LogP contribution is -2.39. The summed E-state index contributed by atoms with van der Waals surface area (Å²) in [7, 11) is 1.00. The van der Waals surface area contributed by atoms with E-state index in [1.165, 1.54) is 32.1 Å². The third-order valence-corrected chi connectivity index (χ3v) is 3.35. The van der Waals surface area contributed by atoms with Gasteiger partial charge in [0.2, 0.25) is 0 Å². The Labute approximate surface area is 122 Å². The number of aliphatic hydroxyl groups excluding tert-OH is 3. The van der Waals surface area contributed by atoms with Crippen LogP contribution < -0.4 is 0 Å². The molecule has 0 aromatic heterocycles. The van der Waals surface area contributed by atoms with E-state index in [-0.39, 0.29) is 19.0 Å². The maximum absolute atomic E-state index is 9.61. The van der Waals surface area contributed by atoms with Crippen molar-refractivity contribution in [1.82, 2.24) is 0 Å². The third-order valence-electron chi connectivity index (χ3n) is 3.35. The molecular formula is C15H32O5. The lowest BCUT2D eigenvalue weighted by atomic mass is 10.1. The molecule has 0 amide bonds. The van der Waals surface area contributed by atoms with E-state index >= 15 is 0 Å². The molecule has 0 radical (unpaired) electrons. The van der Waals surface area contributed by atoms with Gasteiger partial charge in [-0.25, -0.2) is 0 Å². The summed E-state index contributed by atoms with van der Waals surface area (Å²) in [4.78, 5) is 0. The predicted molar refractivity (Wildman–Crippen MR) is 78.5 cm³/mol. The first-order valence-electron chi connectivity index (χ1n) is 7.77. The van der Waals surface area contributed by atoms with Gasteiger partial charge in [-0.2, -0.15) is 0 Å². The number of hydrogen-bond donors (Lipinski definition) is 3. The molecule has 0 spiro atoms. The fraction of sp³-hybridized carbons (Fsp3) is 1.00. The Bertz CT molecular complexity index is 201. The molecular weight excluding hydrogens is 260 g/mol. The molecule has 122 valence electrons. The van der Waals surface area contributed by atoms with Gasteiger partial charge in [0.15, 0.2) is 6.29 Å². The van der Waals surface area contributed by atoms with E-state index < -0.39 is 6.10 Å². The quantitative estimate of drug-likeness (QED) is 0.565. The molecule has 20 heavy (non-hydrogen) atoms. The van der Waals surface area contributed by atoms with Gasteiger partial charge in [0.05, 0.1) is 18.8 Å². The van der Waals surface area contributed by atoms with Crippen LogP contribution in [0.25, 0.3) is 0 Å². The Morgan fingerprint density at radius 2 is 1.70 bits per heavy atom. The monoisotopic (exact) mass is 292 g/mol. The summed E-state index contributed by atoms with van der Waals surface area (Å²) in [5, 5.41) is 25.6. The summed E-state index contributed by atoms with van der Waals surface area (Å²) < 4.78 is 11.1. The second-order valence-corrected chi connectivity index (χ2v) is 5.13. The van der Waals surface area contributed by atoms with Crippen LogP contribution in [-0.4, -0.2) is 54.1 Å². The largest absolute Gasteiger partial charge is 0.400 e. The van der Waals surface area contributed by atoms with Crippen LogP contribution >= 0.6 is 0 Å².